The van der Waals surface area contributed by atoms with Crippen LogP contribution in [0, 0.1) is 13.8 Å². The van der Waals surface area contributed by atoms with E-state index in [-0.39, 0.29) is 5.56 Å². The highest BCUT2D eigenvalue weighted by Gasteiger charge is 2.18. The lowest BCUT2D eigenvalue weighted by Crippen LogP contribution is -2.37. The van der Waals surface area contributed by atoms with Crippen LogP contribution in [0.2, 0.25) is 0 Å². The van der Waals surface area contributed by atoms with Crippen LogP contribution in [0.3, 0.4) is 0 Å². The van der Waals surface area contributed by atoms with E-state index in [0.29, 0.717) is 41.9 Å². The number of urea groups is 1. The molecular formula is C18H18N2O7. The number of esters is 1. The number of aryl methyl sites for hydroxylation is 2. The Morgan fingerprint density at radius 2 is 1.81 bits per heavy atom. The summed E-state index contributed by atoms with van der Waals surface area (Å²) in [5.74, 6) is 0.574. The van der Waals surface area contributed by atoms with Crippen molar-refractivity contribution in [1.29, 1.82) is 0 Å². The topological polar surface area (TPSA) is 116 Å². The molecule has 1 aliphatic rings. The number of nitrogens with one attached hydrogen (secondary N) is 2. The number of fused-ring (bicyclic) bond motifs is 1. The van der Waals surface area contributed by atoms with E-state index in [1.54, 1.807) is 32.0 Å². The first-order chi connectivity index (χ1) is 12.9. The Morgan fingerprint density at radius 1 is 1.07 bits per heavy atom. The molecule has 0 saturated heterocycles. The molecule has 0 fully saturated rings. The molecule has 0 bridgehead atoms. The normalized spacial score (nSPS) is 12.2. The average Bonchev–Trinajstić information content (AvgIpc) is 2.97. The molecule has 2 N–H and O–H groups in total. The number of carbonyl (C=O) groups excluding carboxylic acids is 3. The molecule has 9 nitrogen and oxygen atoms in total. The van der Waals surface area contributed by atoms with E-state index in [0.717, 1.165) is 0 Å². The van der Waals surface area contributed by atoms with Crippen molar-refractivity contribution < 1.29 is 33.0 Å². The van der Waals surface area contributed by atoms with Gasteiger partial charge in [0.1, 0.15) is 30.3 Å². The van der Waals surface area contributed by atoms with E-state index in [2.05, 4.69) is 10.6 Å². The first kappa shape index (κ1) is 18.3. The Morgan fingerprint density at radius 3 is 2.52 bits per heavy atom. The van der Waals surface area contributed by atoms with Crippen molar-refractivity contribution in [3.8, 4) is 11.5 Å². The second-order valence-corrected chi connectivity index (χ2v) is 5.76. The molecule has 0 spiro atoms. The summed E-state index contributed by atoms with van der Waals surface area (Å²) < 4.78 is 20.9. The molecule has 3 rings (SSSR count). The maximum Gasteiger partial charge on any atom is 0.342 e. The number of imide groups is 1. The Bertz CT molecular complexity index is 888. The number of furan rings is 1. The van der Waals surface area contributed by atoms with Gasteiger partial charge in [-0.2, -0.15) is 0 Å². The number of rotatable bonds is 4. The van der Waals surface area contributed by atoms with Gasteiger partial charge in [0.15, 0.2) is 18.1 Å². The van der Waals surface area contributed by atoms with Crippen LogP contribution in [0.4, 0.5) is 10.5 Å². The standard InChI is InChI=1S/C18H18N2O7/c1-10-7-13(11(2)27-10)17(22)26-9-16(21)20-18(23)19-12-3-4-14-15(8-12)25-6-5-24-14/h3-4,7-8H,5-6,9H2,1-2H3,(H2,19,20,21,23). The molecule has 0 atom stereocenters. The molecule has 2 heterocycles. The van der Waals surface area contributed by atoms with Gasteiger partial charge in [0.25, 0.3) is 5.91 Å². The minimum atomic E-state index is -0.767. The summed E-state index contributed by atoms with van der Waals surface area (Å²) in [5, 5.41) is 4.57. The van der Waals surface area contributed by atoms with Crippen LogP contribution in [-0.2, 0) is 9.53 Å². The Balaban J connectivity index is 1.48. The van der Waals surface area contributed by atoms with Gasteiger partial charge in [-0.25, -0.2) is 9.59 Å². The van der Waals surface area contributed by atoms with E-state index in [1.807, 2.05) is 0 Å². The van der Waals surface area contributed by atoms with Gasteiger partial charge in [-0.3, -0.25) is 10.1 Å². The quantitative estimate of drug-likeness (QED) is 0.788. The predicted octanol–water partition coefficient (Wildman–Crippen LogP) is 2.17. The summed E-state index contributed by atoms with van der Waals surface area (Å²) in [6.45, 7) is 3.59. The maximum atomic E-state index is 11.9. The predicted molar refractivity (Wildman–Crippen MR) is 93.1 cm³/mol. The van der Waals surface area contributed by atoms with Crippen LogP contribution >= 0.6 is 0 Å². The Hall–Kier alpha value is -3.49. The lowest BCUT2D eigenvalue weighted by Gasteiger charge is -2.19. The van der Waals surface area contributed by atoms with Gasteiger partial charge in [0.05, 0.1) is 0 Å². The highest BCUT2D eigenvalue weighted by Crippen LogP contribution is 2.32. The molecule has 3 amide bonds. The van der Waals surface area contributed by atoms with Gasteiger partial charge in [-0.05, 0) is 32.0 Å². The molecule has 142 valence electrons. The monoisotopic (exact) mass is 374 g/mol. The molecular weight excluding hydrogens is 356 g/mol. The highest BCUT2D eigenvalue weighted by molar-refractivity contribution is 6.02. The van der Waals surface area contributed by atoms with Crippen LogP contribution in [0.25, 0.3) is 0 Å². The SMILES string of the molecule is Cc1cc(C(=O)OCC(=O)NC(=O)Nc2ccc3c(c2)OCCO3)c(C)o1. The maximum absolute atomic E-state index is 11.9. The van der Waals surface area contributed by atoms with Crippen molar-refractivity contribution in [2.45, 2.75) is 13.8 Å². The van der Waals surface area contributed by atoms with Gasteiger partial charge in [-0.15, -0.1) is 0 Å². The van der Waals surface area contributed by atoms with E-state index in [1.165, 1.54) is 6.07 Å². The number of amides is 3. The Kier molecular flexibility index (Phi) is 5.30. The first-order valence-electron chi connectivity index (χ1n) is 8.17. The summed E-state index contributed by atoms with van der Waals surface area (Å²) in [6.07, 6.45) is 0. The fraction of sp³-hybridized carbons (Fsp3) is 0.278. The number of hydrogen-bond acceptors (Lipinski definition) is 7. The van der Waals surface area contributed by atoms with Gasteiger partial charge in [0.2, 0.25) is 0 Å². The van der Waals surface area contributed by atoms with E-state index in [4.69, 9.17) is 18.6 Å². The van der Waals surface area contributed by atoms with Crippen LogP contribution in [0.15, 0.2) is 28.7 Å². The van der Waals surface area contributed by atoms with Crippen LogP contribution in [0.1, 0.15) is 21.9 Å². The highest BCUT2D eigenvalue weighted by atomic mass is 16.6. The second kappa shape index (κ2) is 7.81. The van der Waals surface area contributed by atoms with E-state index < -0.39 is 24.5 Å². The zero-order chi connectivity index (χ0) is 19.4. The molecule has 1 aromatic heterocycles. The molecule has 9 heteroatoms. The summed E-state index contributed by atoms with van der Waals surface area (Å²) >= 11 is 0. The summed E-state index contributed by atoms with van der Waals surface area (Å²) in [4.78, 5) is 35.6. The van der Waals surface area contributed by atoms with Crippen LogP contribution < -0.4 is 20.1 Å². The minimum Gasteiger partial charge on any atom is -0.486 e. The second-order valence-electron chi connectivity index (χ2n) is 5.76. The third-order valence-electron chi connectivity index (χ3n) is 3.65. The van der Waals surface area contributed by atoms with Crippen molar-refractivity contribution in [2.24, 2.45) is 0 Å². The van der Waals surface area contributed by atoms with Crippen molar-refractivity contribution in [3.05, 3.63) is 41.3 Å². The average molecular weight is 374 g/mol. The molecule has 0 saturated carbocycles. The van der Waals surface area contributed by atoms with E-state index in [9.17, 15) is 14.4 Å². The molecule has 2 aromatic rings. The fourth-order valence-electron chi connectivity index (χ4n) is 2.49. The van der Waals surface area contributed by atoms with Gasteiger partial charge < -0.3 is 23.9 Å². The largest absolute Gasteiger partial charge is 0.486 e. The third kappa shape index (κ3) is 4.57. The molecule has 0 aliphatic carbocycles. The summed E-state index contributed by atoms with van der Waals surface area (Å²) in [6, 6.07) is 5.61. The number of hydrogen-bond donors (Lipinski definition) is 2. The zero-order valence-electron chi connectivity index (χ0n) is 14.8. The van der Waals surface area contributed by atoms with Gasteiger partial charge in [-0.1, -0.05) is 0 Å². The lowest BCUT2D eigenvalue weighted by atomic mass is 10.2. The smallest absolute Gasteiger partial charge is 0.342 e. The molecule has 1 aromatic carbocycles. The van der Waals surface area contributed by atoms with Crippen molar-refractivity contribution >= 4 is 23.6 Å². The zero-order valence-corrected chi connectivity index (χ0v) is 14.8. The van der Waals surface area contributed by atoms with Crippen molar-refractivity contribution in [2.75, 3.05) is 25.1 Å². The van der Waals surface area contributed by atoms with Crippen molar-refractivity contribution in [3.63, 3.8) is 0 Å². The van der Waals surface area contributed by atoms with E-state index >= 15 is 0 Å². The van der Waals surface area contributed by atoms with Gasteiger partial charge in [0, 0.05) is 11.8 Å². The number of carbonyl (C=O) groups is 3. The third-order valence-corrected chi connectivity index (χ3v) is 3.65. The molecule has 1 aliphatic heterocycles. The van der Waals surface area contributed by atoms with Gasteiger partial charge >= 0.3 is 12.0 Å². The fourth-order valence-corrected chi connectivity index (χ4v) is 2.49. The minimum absolute atomic E-state index is 0.237. The van der Waals surface area contributed by atoms with Crippen LogP contribution in [-0.4, -0.2) is 37.7 Å². The summed E-state index contributed by atoms with van der Waals surface area (Å²) in [5.41, 5.74) is 0.659. The Labute approximate surface area is 154 Å². The molecule has 0 radical (unpaired) electrons. The number of ether oxygens (including phenoxy) is 3. The summed E-state index contributed by atoms with van der Waals surface area (Å²) in [7, 11) is 0. The lowest BCUT2D eigenvalue weighted by molar-refractivity contribution is -0.123. The number of anilines is 1. The molecule has 27 heavy (non-hydrogen) atoms. The first-order valence-corrected chi connectivity index (χ1v) is 8.17. The number of benzene rings is 1. The molecule has 0 unspecified atom stereocenters. The van der Waals surface area contributed by atoms with Crippen LogP contribution in [0.5, 0.6) is 11.5 Å². The van der Waals surface area contributed by atoms with Crippen molar-refractivity contribution in [1.82, 2.24) is 5.32 Å².